The minimum atomic E-state index is 0.784. The van der Waals surface area contributed by atoms with Gasteiger partial charge in [-0.1, -0.05) is 17.7 Å². The van der Waals surface area contributed by atoms with Crippen LogP contribution in [-0.4, -0.2) is 9.97 Å². The van der Waals surface area contributed by atoms with E-state index in [9.17, 15) is 0 Å². The molecule has 14 heavy (non-hydrogen) atoms. The van der Waals surface area contributed by atoms with Gasteiger partial charge in [-0.25, -0.2) is 4.98 Å². The van der Waals surface area contributed by atoms with Gasteiger partial charge in [0.1, 0.15) is 0 Å². The first-order valence-corrected chi connectivity index (χ1v) is 4.59. The Morgan fingerprint density at radius 2 is 1.86 bits per heavy atom. The molecule has 0 aliphatic rings. The summed E-state index contributed by atoms with van der Waals surface area (Å²) >= 11 is 0. The normalized spacial score (nSPS) is 10.1. The van der Waals surface area contributed by atoms with Crippen LogP contribution in [0.4, 0.5) is 11.6 Å². The summed E-state index contributed by atoms with van der Waals surface area (Å²) in [6, 6.07) is 8.20. The van der Waals surface area contributed by atoms with Gasteiger partial charge in [0.25, 0.3) is 0 Å². The minimum Gasteiger partial charge on any atom is -0.328 e. The highest BCUT2D eigenvalue weighted by Gasteiger charge is 1.96. The van der Waals surface area contributed by atoms with Crippen molar-refractivity contribution < 1.29 is 0 Å². The summed E-state index contributed by atoms with van der Waals surface area (Å²) in [7, 11) is 0. The fraction of sp³-hybridized carbons (Fsp3) is 0.182. The zero-order chi connectivity index (χ0) is 9.97. The van der Waals surface area contributed by atoms with Crippen molar-refractivity contribution in [3.8, 4) is 0 Å². The molecule has 2 N–H and O–H groups in total. The molecule has 0 aliphatic carbocycles. The fourth-order valence-electron chi connectivity index (χ4n) is 1.25. The van der Waals surface area contributed by atoms with E-state index < -0.39 is 0 Å². The quantitative estimate of drug-likeness (QED) is 0.759. The van der Waals surface area contributed by atoms with E-state index >= 15 is 0 Å². The maximum absolute atomic E-state index is 4.17. The van der Waals surface area contributed by atoms with E-state index in [1.165, 1.54) is 5.56 Å². The van der Waals surface area contributed by atoms with E-state index in [4.69, 9.17) is 0 Å². The second-order valence-corrected chi connectivity index (χ2v) is 3.41. The molecule has 0 saturated carbocycles. The summed E-state index contributed by atoms with van der Waals surface area (Å²) in [4.78, 5) is 7.28. The van der Waals surface area contributed by atoms with Gasteiger partial charge in [-0.05, 0) is 26.0 Å². The predicted molar refractivity (Wildman–Crippen MR) is 57.8 cm³/mol. The van der Waals surface area contributed by atoms with Crippen LogP contribution in [0.1, 0.15) is 11.3 Å². The number of hydrogen-bond acceptors (Lipinski definition) is 2. The first-order chi connectivity index (χ1) is 6.74. The molecule has 0 atom stereocenters. The Balaban J connectivity index is 2.15. The van der Waals surface area contributed by atoms with Crippen LogP contribution in [0.15, 0.2) is 30.5 Å². The molecule has 0 aliphatic heterocycles. The van der Waals surface area contributed by atoms with Gasteiger partial charge in [0.2, 0.25) is 5.95 Å². The summed E-state index contributed by atoms with van der Waals surface area (Å²) in [5.74, 6) is 0.784. The number of aromatic nitrogens is 2. The van der Waals surface area contributed by atoms with Gasteiger partial charge < -0.3 is 10.3 Å². The molecule has 0 bridgehead atoms. The van der Waals surface area contributed by atoms with Crippen molar-refractivity contribution in [2.75, 3.05) is 5.32 Å². The highest BCUT2D eigenvalue weighted by Crippen LogP contribution is 2.13. The molecule has 1 aromatic heterocycles. The van der Waals surface area contributed by atoms with Gasteiger partial charge in [-0.15, -0.1) is 0 Å². The minimum absolute atomic E-state index is 0.784. The molecule has 3 nitrogen and oxygen atoms in total. The van der Waals surface area contributed by atoms with Crippen LogP contribution in [0, 0.1) is 13.8 Å². The number of benzene rings is 1. The van der Waals surface area contributed by atoms with E-state index in [1.807, 2.05) is 19.1 Å². The van der Waals surface area contributed by atoms with Crippen LogP contribution in [0.2, 0.25) is 0 Å². The first-order valence-electron chi connectivity index (χ1n) is 4.59. The van der Waals surface area contributed by atoms with E-state index in [2.05, 4.69) is 34.3 Å². The molecule has 1 aromatic carbocycles. The lowest BCUT2D eigenvalue weighted by Crippen LogP contribution is -1.91. The standard InChI is InChI=1S/C11H13N3/c1-8-3-5-10(6-4-8)14-11-12-7-9(2)13-11/h3-7H,1-2H3,(H2,12,13,14). The van der Waals surface area contributed by atoms with Crippen LogP contribution in [0.25, 0.3) is 0 Å². The second kappa shape index (κ2) is 3.54. The van der Waals surface area contributed by atoms with Crippen LogP contribution in [-0.2, 0) is 0 Å². The van der Waals surface area contributed by atoms with Crippen molar-refractivity contribution in [3.63, 3.8) is 0 Å². The Labute approximate surface area is 83.2 Å². The molecule has 0 radical (unpaired) electrons. The number of anilines is 2. The summed E-state index contributed by atoms with van der Waals surface area (Å²) in [5, 5.41) is 3.19. The largest absolute Gasteiger partial charge is 0.328 e. The maximum Gasteiger partial charge on any atom is 0.204 e. The van der Waals surface area contributed by atoms with Gasteiger partial charge in [0.15, 0.2) is 0 Å². The summed E-state index contributed by atoms with van der Waals surface area (Å²) in [6.45, 7) is 4.05. The lowest BCUT2D eigenvalue weighted by atomic mass is 10.2. The van der Waals surface area contributed by atoms with Crippen LogP contribution >= 0.6 is 0 Å². The highest BCUT2D eigenvalue weighted by molar-refractivity contribution is 5.53. The maximum atomic E-state index is 4.17. The number of nitrogens with zero attached hydrogens (tertiary/aromatic N) is 1. The zero-order valence-corrected chi connectivity index (χ0v) is 8.33. The molecule has 2 aromatic rings. The number of nitrogens with one attached hydrogen (secondary N) is 2. The molecule has 2 rings (SSSR count). The molecule has 1 heterocycles. The third-order valence-corrected chi connectivity index (χ3v) is 2.02. The molecule has 0 spiro atoms. The lowest BCUT2D eigenvalue weighted by molar-refractivity contribution is 1.24. The number of imidazole rings is 1. The number of aryl methyl sites for hydroxylation is 2. The molecular weight excluding hydrogens is 174 g/mol. The first kappa shape index (κ1) is 8.81. The Hall–Kier alpha value is -1.77. The monoisotopic (exact) mass is 187 g/mol. The molecule has 0 unspecified atom stereocenters. The fourth-order valence-corrected chi connectivity index (χ4v) is 1.25. The molecule has 3 heteroatoms. The van der Waals surface area contributed by atoms with Gasteiger partial charge in [0.05, 0.1) is 0 Å². The average Bonchev–Trinajstić information content (AvgIpc) is 2.56. The van der Waals surface area contributed by atoms with Crippen molar-refractivity contribution in [3.05, 3.63) is 41.7 Å². The van der Waals surface area contributed by atoms with Gasteiger partial charge in [-0.2, -0.15) is 0 Å². The number of rotatable bonds is 2. The smallest absolute Gasteiger partial charge is 0.204 e. The summed E-state index contributed by atoms with van der Waals surface area (Å²) < 4.78 is 0. The number of H-pyrrole nitrogens is 1. The Morgan fingerprint density at radius 1 is 1.14 bits per heavy atom. The lowest BCUT2D eigenvalue weighted by Gasteiger charge is -2.02. The van der Waals surface area contributed by atoms with Crippen LogP contribution in [0.3, 0.4) is 0 Å². The van der Waals surface area contributed by atoms with Gasteiger partial charge in [0, 0.05) is 17.6 Å². The van der Waals surface area contributed by atoms with Crippen molar-refractivity contribution >= 4 is 11.6 Å². The van der Waals surface area contributed by atoms with Crippen molar-refractivity contribution in [2.24, 2.45) is 0 Å². The van der Waals surface area contributed by atoms with Gasteiger partial charge >= 0.3 is 0 Å². The molecule has 72 valence electrons. The van der Waals surface area contributed by atoms with Crippen LogP contribution < -0.4 is 5.32 Å². The molecular formula is C11H13N3. The summed E-state index contributed by atoms with van der Waals surface area (Å²) in [6.07, 6.45) is 1.80. The summed E-state index contributed by atoms with van der Waals surface area (Å²) in [5.41, 5.74) is 3.36. The van der Waals surface area contributed by atoms with Crippen molar-refractivity contribution in [1.82, 2.24) is 9.97 Å². The van der Waals surface area contributed by atoms with Gasteiger partial charge in [-0.3, -0.25) is 0 Å². The average molecular weight is 187 g/mol. The number of hydrogen-bond donors (Lipinski definition) is 2. The topological polar surface area (TPSA) is 40.7 Å². The zero-order valence-electron chi connectivity index (χ0n) is 8.33. The molecule has 0 fully saturated rings. The Kier molecular flexibility index (Phi) is 2.23. The SMILES string of the molecule is Cc1ccc(Nc2ncc(C)[nH]2)cc1. The Bertz CT molecular complexity index is 414. The van der Waals surface area contributed by atoms with Crippen molar-refractivity contribution in [2.45, 2.75) is 13.8 Å². The predicted octanol–water partition coefficient (Wildman–Crippen LogP) is 2.77. The Morgan fingerprint density at radius 3 is 2.43 bits per heavy atom. The molecule has 0 saturated heterocycles. The second-order valence-electron chi connectivity index (χ2n) is 3.41. The van der Waals surface area contributed by atoms with Crippen LogP contribution in [0.5, 0.6) is 0 Å². The van der Waals surface area contributed by atoms with E-state index in [0.29, 0.717) is 0 Å². The van der Waals surface area contributed by atoms with E-state index in [-0.39, 0.29) is 0 Å². The third-order valence-electron chi connectivity index (χ3n) is 2.02. The highest BCUT2D eigenvalue weighted by atomic mass is 15.1. The van der Waals surface area contributed by atoms with Crippen molar-refractivity contribution in [1.29, 1.82) is 0 Å². The van der Waals surface area contributed by atoms with E-state index in [1.54, 1.807) is 6.20 Å². The van der Waals surface area contributed by atoms with E-state index in [0.717, 1.165) is 17.3 Å². The number of aromatic amines is 1. The molecule has 0 amide bonds. The third kappa shape index (κ3) is 1.93.